The largest absolute Gasteiger partial charge is 0.480 e. The molecule has 3 unspecified atom stereocenters. The van der Waals surface area contributed by atoms with E-state index in [0.29, 0.717) is 12.3 Å². The van der Waals surface area contributed by atoms with Crippen molar-refractivity contribution in [3.05, 3.63) is 63.6 Å². The lowest BCUT2D eigenvalue weighted by atomic mass is 9.85. The summed E-state index contributed by atoms with van der Waals surface area (Å²) in [4.78, 5) is 29.7. The first-order valence-corrected chi connectivity index (χ1v) is 12.9. The Bertz CT molecular complexity index is 1020. The molecule has 2 aromatic rings. The van der Waals surface area contributed by atoms with Crippen LogP contribution in [0.2, 0.25) is 0 Å². The third-order valence-corrected chi connectivity index (χ3v) is 7.15. The van der Waals surface area contributed by atoms with Gasteiger partial charge in [0.2, 0.25) is 5.91 Å². The highest BCUT2D eigenvalue weighted by molar-refractivity contribution is 9.10. The third-order valence-electron chi connectivity index (χ3n) is 6.65. The lowest BCUT2D eigenvalue weighted by molar-refractivity contribution is -0.150. The summed E-state index contributed by atoms with van der Waals surface area (Å²) >= 11 is 3.57. The number of halogens is 1. The Morgan fingerprint density at radius 2 is 2.00 bits per heavy atom. The number of unbranched alkanes of at least 4 members (excludes halogenated alkanes) is 1. The summed E-state index contributed by atoms with van der Waals surface area (Å²) in [5, 5.41) is 3.10. The Labute approximate surface area is 205 Å². The summed E-state index contributed by atoms with van der Waals surface area (Å²) in [6.07, 6.45) is 4.05. The number of ether oxygens (including phenoxy) is 1. The SMILES string of the molecule is CCCCNC(=O)C1c2cc(Br)ccc2OC(C(C)C)C(=O)N1C1CCCc2ccccc21. The van der Waals surface area contributed by atoms with Gasteiger partial charge in [-0.2, -0.15) is 0 Å². The van der Waals surface area contributed by atoms with Crippen molar-refractivity contribution in [2.24, 2.45) is 5.92 Å². The lowest BCUT2D eigenvalue weighted by Gasteiger charge is -2.40. The average molecular weight is 513 g/mol. The van der Waals surface area contributed by atoms with Crippen molar-refractivity contribution in [3.63, 3.8) is 0 Å². The monoisotopic (exact) mass is 512 g/mol. The number of benzene rings is 2. The minimum Gasteiger partial charge on any atom is -0.480 e. The molecule has 0 saturated carbocycles. The van der Waals surface area contributed by atoms with Crippen LogP contribution in [-0.4, -0.2) is 29.4 Å². The van der Waals surface area contributed by atoms with Crippen LogP contribution in [0.5, 0.6) is 5.75 Å². The van der Waals surface area contributed by atoms with Gasteiger partial charge in [-0.3, -0.25) is 9.59 Å². The van der Waals surface area contributed by atoms with Crippen LogP contribution in [0.3, 0.4) is 0 Å². The second-order valence-electron chi connectivity index (χ2n) is 9.36. The fourth-order valence-electron chi connectivity index (χ4n) is 4.98. The van der Waals surface area contributed by atoms with Crippen molar-refractivity contribution in [1.29, 1.82) is 0 Å². The van der Waals surface area contributed by atoms with E-state index in [1.54, 1.807) is 0 Å². The Hall–Kier alpha value is -2.34. The zero-order chi connectivity index (χ0) is 23.5. The summed E-state index contributed by atoms with van der Waals surface area (Å²) in [5.74, 6) is 0.312. The summed E-state index contributed by atoms with van der Waals surface area (Å²) in [5.41, 5.74) is 3.13. The molecular formula is C27H33BrN2O3. The molecule has 2 aromatic carbocycles. The molecule has 1 heterocycles. The number of carbonyl (C=O) groups is 2. The smallest absolute Gasteiger partial charge is 0.265 e. The van der Waals surface area contributed by atoms with Crippen LogP contribution in [0.4, 0.5) is 0 Å². The molecule has 2 aliphatic rings. The molecule has 6 heteroatoms. The molecule has 0 saturated heterocycles. The number of hydrogen-bond donors (Lipinski definition) is 1. The number of nitrogens with zero attached hydrogens (tertiary/aromatic N) is 1. The molecule has 5 nitrogen and oxygen atoms in total. The molecule has 33 heavy (non-hydrogen) atoms. The maximum atomic E-state index is 14.1. The fourth-order valence-corrected chi connectivity index (χ4v) is 5.35. The molecule has 0 spiro atoms. The molecule has 4 rings (SSSR count). The van der Waals surface area contributed by atoms with Crippen LogP contribution in [0.15, 0.2) is 46.9 Å². The Morgan fingerprint density at radius 3 is 2.76 bits per heavy atom. The van der Waals surface area contributed by atoms with Crippen molar-refractivity contribution >= 4 is 27.7 Å². The van der Waals surface area contributed by atoms with E-state index in [-0.39, 0.29) is 23.8 Å². The number of fused-ring (bicyclic) bond motifs is 2. The van der Waals surface area contributed by atoms with Crippen molar-refractivity contribution in [3.8, 4) is 5.75 Å². The highest BCUT2D eigenvalue weighted by Gasteiger charge is 2.46. The van der Waals surface area contributed by atoms with E-state index < -0.39 is 12.1 Å². The van der Waals surface area contributed by atoms with Crippen LogP contribution in [0.1, 0.15) is 75.2 Å². The molecule has 0 radical (unpaired) electrons. The average Bonchev–Trinajstić information content (AvgIpc) is 2.93. The number of amides is 2. The minimum atomic E-state index is -0.748. The molecule has 3 atom stereocenters. The number of rotatable bonds is 6. The first-order valence-electron chi connectivity index (χ1n) is 12.1. The van der Waals surface area contributed by atoms with Crippen LogP contribution >= 0.6 is 15.9 Å². The molecular weight excluding hydrogens is 480 g/mol. The Morgan fingerprint density at radius 1 is 1.21 bits per heavy atom. The zero-order valence-corrected chi connectivity index (χ0v) is 21.2. The number of carbonyl (C=O) groups excluding carboxylic acids is 2. The molecule has 0 fully saturated rings. The summed E-state index contributed by atoms with van der Waals surface area (Å²) in [6.45, 7) is 6.68. The zero-order valence-electron chi connectivity index (χ0n) is 19.6. The second-order valence-corrected chi connectivity index (χ2v) is 10.3. The van der Waals surface area contributed by atoms with Crippen LogP contribution in [-0.2, 0) is 16.0 Å². The van der Waals surface area contributed by atoms with Crippen LogP contribution in [0, 0.1) is 5.92 Å². The predicted octanol–water partition coefficient (Wildman–Crippen LogP) is 5.73. The second kappa shape index (κ2) is 10.3. The predicted molar refractivity (Wildman–Crippen MR) is 133 cm³/mol. The van der Waals surface area contributed by atoms with Crippen molar-refractivity contribution in [2.75, 3.05) is 6.54 Å². The van der Waals surface area contributed by atoms with Gasteiger partial charge in [0.05, 0.1) is 6.04 Å². The molecule has 1 aliphatic carbocycles. The molecule has 0 bridgehead atoms. The van der Waals surface area contributed by atoms with Crippen molar-refractivity contribution < 1.29 is 14.3 Å². The number of nitrogens with one attached hydrogen (secondary N) is 1. The molecule has 0 aromatic heterocycles. The van der Waals surface area contributed by atoms with Gasteiger partial charge in [-0.1, -0.05) is 67.4 Å². The molecule has 1 N–H and O–H groups in total. The van der Waals surface area contributed by atoms with Crippen LogP contribution in [0.25, 0.3) is 0 Å². The van der Waals surface area contributed by atoms with E-state index in [9.17, 15) is 9.59 Å². The van der Waals surface area contributed by atoms with Gasteiger partial charge in [0.15, 0.2) is 6.10 Å². The van der Waals surface area contributed by atoms with E-state index in [0.717, 1.165) is 47.7 Å². The van der Waals surface area contributed by atoms with Gasteiger partial charge >= 0.3 is 0 Å². The quantitative estimate of drug-likeness (QED) is 0.502. The highest BCUT2D eigenvalue weighted by Crippen LogP contribution is 2.44. The molecule has 176 valence electrons. The number of aryl methyl sites for hydroxylation is 1. The lowest BCUT2D eigenvalue weighted by Crippen LogP contribution is -2.50. The fraction of sp³-hybridized carbons (Fsp3) is 0.481. The van der Waals surface area contributed by atoms with E-state index in [1.807, 2.05) is 49.1 Å². The summed E-state index contributed by atoms with van der Waals surface area (Å²) in [7, 11) is 0. The first kappa shape index (κ1) is 23.8. The third kappa shape index (κ3) is 4.81. The maximum Gasteiger partial charge on any atom is 0.265 e. The standard InChI is InChI=1S/C27H33BrN2O3/c1-4-5-15-29-26(31)24-21-16-19(28)13-14-23(21)33-25(17(2)3)27(32)30(24)22-12-8-10-18-9-6-7-11-20(18)22/h6-7,9,11,13-14,16-17,22,24-25H,4-5,8,10,12,15H2,1-3H3,(H,29,31). The van der Waals surface area contributed by atoms with E-state index in [1.165, 1.54) is 5.56 Å². The van der Waals surface area contributed by atoms with Crippen molar-refractivity contribution in [2.45, 2.75) is 71.1 Å². The normalized spacial score (nSPS) is 22.3. The van der Waals surface area contributed by atoms with Gasteiger partial charge in [-0.25, -0.2) is 0 Å². The first-order chi connectivity index (χ1) is 15.9. The maximum absolute atomic E-state index is 14.1. The molecule has 2 amide bonds. The Balaban J connectivity index is 1.87. The highest BCUT2D eigenvalue weighted by atomic mass is 79.9. The summed E-state index contributed by atoms with van der Waals surface area (Å²) < 4.78 is 7.17. The molecule has 1 aliphatic heterocycles. The van der Waals surface area contributed by atoms with E-state index in [2.05, 4.69) is 40.3 Å². The van der Waals surface area contributed by atoms with Crippen molar-refractivity contribution in [1.82, 2.24) is 10.2 Å². The van der Waals surface area contributed by atoms with Gasteiger partial charge < -0.3 is 15.0 Å². The van der Waals surface area contributed by atoms with Gasteiger partial charge in [0, 0.05) is 16.6 Å². The number of hydrogen-bond acceptors (Lipinski definition) is 3. The Kier molecular flexibility index (Phi) is 7.42. The van der Waals surface area contributed by atoms with E-state index in [4.69, 9.17) is 4.74 Å². The van der Waals surface area contributed by atoms with Crippen LogP contribution < -0.4 is 10.1 Å². The van der Waals surface area contributed by atoms with Gasteiger partial charge in [0.1, 0.15) is 11.8 Å². The topological polar surface area (TPSA) is 58.6 Å². The van der Waals surface area contributed by atoms with Gasteiger partial charge in [0.25, 0.3) is 5.91 Å². The van der Waals surface area contributed by atoms with E-state index >= 15 is 0 Å². The van der Waals surface area contributed by atoms with Gasteiger partial charge in [-0.15, -0.1) is 0 Å². The summed E-state index contributed by atoms with van der Waals surface area (Å²) in [6, 6.07) is 13.1. The minimum absolute atomic E-state index is 0.0303. The van der Waals surface area contributed by atoms with Gasteiger partial charge in [-0.05, 0) is 60.9 Å².